The number of pyridine rings is 1. The van der Waals surface area contributed by atoms with E-state index >= 15 is 0 Å². The first-order valence-electron chi connectivity index (χ1n) is 13.0. The summed E-state index contributed by atoms with van der Waals surface area (Å²) in [5.41, 5.74) is 4.06. The number of rotatable bonds is 8. The SMILES string of the molecule is CCOC(=O)[C@H]1N[C@@H](c2cc(Cl)ccc2C)[C@@H](OCc2cc(C3CCC3)cnc2OC)[C@H]1C(C)(C)C. The Morgan fingerprint density at radius 2 is 1.97 bits per heavy atom. The van der Waals surface area contributed by atoms with Crippen molar-refractivity contribution in [2.45, 2.75) is 84.6 Å². The highest BCUT2D eigenvalue weighted by Gasteiger charge is 2.53. The number of methoxy groups -OCH3 is 1. The van der Waals surface area contributed by atoms with E-state index in [0.717, 1.165) is 16.7 Å². The predicted molar refractivity (Wildman–Crippen MR) is 141 cm³/mol. The number of halogens is 1. The summed E-state index contributed by atoms with van der Waals surface area (Å²) in [5.74, 6) is 0.759. The summed E-state index contributed by atoms with van der Waals surface area (Å²) < 4.78 is 17.8. The molecule has 1 aromatic carbocycles. The molecule has 1 aromatic heterocycles. The molecule has 0 spiro atoms. The van der Waals surface area contributed by atoms with Crippen molar-refractivity contribution in [1.82, 2.24) is 10.3 Å². The van der Waals surface area contributed by atoms with Crippen LogP contribution in [0.5, 0.6) is 5.88 Å². The maximum absolute atomic E-state index is 13.1. The minimum Gasteiger partial charge on any atom is -0.481 e. The van der Waals surface area contributed by atoms with Crippen LogP contribution in [0.1, 0.15) is 81.2 Å². The molecule has 2 aliphatic rings. The lowest BCUT2D eigenvalue weighted by Gasteiger charge is -2.35. The van der Waals surface area contributed by atoms with Gasteiger partial charge in [0.25, 0.3) is 0 Å². The zero-order valence-electron chi connectivity index (χ0n) is 22.3. The Balaban J connectivity index is 1.70. The Kier molecular flexibility index (Phi) is 8.28. The van der Waals surface area contributed by atoms with Gasteiger partial charge >= 0.3 is 5.97 Å². The number of benzene rings is 1. The predicted octanol–water partition coefficient (Wildman–Crippen LogP) is 6.14. The summed E-state index contributed by atoms with van der Waals surface area (Å²) in [6, 6.07) is 7.31. The van der Waals surface area contributed by atoms with E-state index in [1.54, 1.807) is 7.11 Å². The summed E-state index contributed by atoms with van der Waals surface area (Å²) in [4.78, 5) is 17.7. The molecule has 1 saturated carbocycles. The molecule has 0 radical (unpaired) electrons. The molecular weight excluding hydrogens is 476 g/mol. The van der Waals surface area contributed by atoms with E-state index in [2.05, 4.69) is 44.1 Å². The molecule has 2 heterocycles. The van der Waals surface area contributed by atoms with Crippen LogP contribution in [0, 0.1) is 18.3 Å². The van der Waals surface area contributed by atoms with Crippen LogP contribution >= 0.6 is 11.6 Å². The second-order valence-corrected chi connectivity index (χ2v) is 11.5. The van der Waals surface area contributed by atoms with Crippen molar-refractivity contribution in [3.63, 3.8) is 0 Å². The number of carbonyl (C=O) groups excluding carboxylic acids is 1. The Labute approximate surface area is 220 Å². The smallest absolute Gasteiger partial charge is 0.323 e. The minimum absolute atomic E-state index is 0.131. The normalized spacial score (nSPS) is 24.4. The molecule has 6 nitrogen and oxygen atoms in total. The van der Waals surface area contributed by atoms with Gasteiger partial charge in [0.15, 0.2) is 0 Å². The highest BCUT2D eigenvalue weighted by molar-refractivity contribution is 6.30. The number of hydrogen-bond acceptors (Lipinski definition) is 6. The van der Waals surface area contributed by atoms with Gasteiger partial charge in [-0.25, -0.2) is 4.98 Å². The van der Waals surface area contributed by atoms with Crippen molar-refractivity contribution in [2.75, 3.05) is 13.7 Å². The van der Waals surface area contributed by atoms with Crippen LogP contribution in [0.2, 0.25) is 5.02 Å². The van der Waals surface area contributed by atoms with Gasteiger partial charge in [0.1, 0.15) is 6.04 Å². The van der Waals surface area contributed by atoms with Crippen LogP contribution in [0.25, 0.3) is 0 Å². The number of nitrogens with zero attached hydrogens (tertiary/aromatic N) is 1. The number of hydrogen-bond donors (Lipinski definition) is 1. The second-order valence-electron chi connectivity index (χ2n) is 11.1. The number of nitrogens with one attached hydrogen (secondary N) is 1. The quantitative estimate of drug-likeness (QED) is 0.426. The zero-order chi connectivity index (χ0) is 26.0. The number of ether oxygens (including phenoxy) is 3. The highest BCUT2D eigenvalue weighted by Crippen LogP contribution is 2.45. The molecular formula is C29H39ClN2O4. The summed E-state index contributed by atoms with van der Waals surface area (Å²) in [6.07, 6.45) is 5.29. The van der Waals surface area contributed by atoms with Crippen molar-refractivity contribution >= 4 is 17.6 Å². The molecule has 1 saturated heterocycles. The van der Waals surface area contributed by atoms with Gasteiger partial charge in [0.05, 0.1) is 32.5 Å². The molecule has 1 N–H and O–H groups in total. The standard InChI is InChI=1S/C29H39ClN2O4/c1-7-35-28(33)25-23(29(3,4)5)26(24(32-25)22-14-21(30)12-11-17(22)2)36-16-20-13-19(18-9-8-10-18)15-31-27(20)34-6/h11-15,18,23-26,32H,7-10,16H2,1-6H3/t23-,24-,25-,26-/m0/s1. The van der Waals surface area contributed by atoms with Crippen molar-refractivity contribution in [1.29, 1.82) is 0 Å². The van der Waals surface area contributed by atoms with Crippen LogP contribution in [-0.2, 0) is 20.9 Å². The van der Waals surface area contributed by atoms with E-state index in [4.69, 9.17) is 25.8 Å². The lowest BCUT2D eigenvalue weighted by Crippen LogP contribution is -2.44. The topological polar surface area (TPSA) is 69.7 Å². The highest BCUT2D eigenvalue weighted by atomic mass is 35.5. The van der Waals surface area contributed by atoms with Gasteiger partial charge in [0, 0.05) is 22.7 Å². The molecule has 4 atom stereocenters. The van der Waals surface area contributed by atoms with E-state index in [1.165, 1.54) is 24.8 Å². The van der Waals surface area contributed by atoms with Gasteiger partial charge < -0.3 is 14.2 Å². The molecule has 1 aliphatic carbocycles. The third-order valence-electron chi connectivity index (χ3n) is 7.67. The molecule has 0 unspecified atom stereocenters. The van der Waals surface area contributed by atoms with Crippen molar-refractivity contribution in [3.05, 3.63) is 57.7 Å². The third-order valence-corrected chi connectivity index (χ3v) is 7.90. The fraction of sp³-hybridized carbons (Fsp3) is 0.586. The Hall–Kier alpha value is -2.15. The molecule has 2 fully saturated rings. The number of esters is 1. The second kappa shape index (κ2) is 11.1. The van der Waals surface area contributed by atoms with E-state index in [-0.39, 0.29) is 29.4 Å². The number of aryl methyl sites for hydroxylation is 1. The van der Waals surface area contributed by atoms with Crippen LogP contribution in [0.4, 0.5) is 0 Å². The fourth-order valence-electron chi connectivity index (χ4n) is 5.60. The van der Waals surface area contributed by atoms with Crippen molar-refractivity contribution in [2.24, 2.45) is 11.3 Å². The van der Waals surface area contributed by atoms with Gasteiger partial charge in [0.2, 0.25) is 5.88 Å². The summed E-state index contributed by atoms with van der Waals surface area (Å²) in [5, 5.41) is 4.23. The van der Waals surface area contributed by atoms with E-state index in [9.17, 15) is 4.79 Å². The molecule has 0 bridgehead atoms. The maximum Gasteiger partial charge on any atom is 0.323 e. The number of aromatic nitrogens is 1. The average Bonchev–Trinajstić information content (AvgIpc) is 3.18. The van der Waals surface area contributed by atoms with Crippen LogP contribution < -0.4 is 10.1 Å². The molecule has 36 heavy (non-hydrogen) atoms. The van der Waals surface area contributed by atoms with E-state index < -0.39 is 6.04 Å². The average molecular weight is 515 g/mol. The van der Waals surface area contributed by atoms with E-state index in [1.807, 2.05) is 31.3 Å². The van der Waals surface area contributed by atoms with Crippen molar-refractivity contribution < 1.29 is 19.0 Å². The molecule has 196 valence electrons. The van der Waals surface area contributed by atoms with Gasteiger partial charge in [-0.3, -0.25) is 10.1 Å². The maximum atomic E-state index is 13.1. The molecule has 1 aliphatic heterocycles. The van der Waals surface area contributed by atoms with Crippen LogP contribution in [0.15, 0.2) is 30.5 Å². The Morgan fingerprint density at radius 3 is 2.58 bits per heavy atom. The van der Waals surface area contributed by atoms with Gasteiger partial charge in [-0.15, -0.1) is 0 Å². The summed E-state index contributed by atoms with van der Waals surface area (Å²) >= 11 is 6.41. The summed E-state index contributed by atoms with van der Waals surface area (Å²) in [7, 11) is 1.64. The third kappa shape index (κ3) is 5.56. The molecule has 2 aromatic rings. The van der Waals surface area contributed by atoms with Crippen LogP contribution in [-0.4, -0.2) is 36.8 Å². The first kappa shape index (κ1) is 26.9. The van der Waals surface area contributed by atoms with Crippen LogP contribution in [0.3, 0.4) is 0 Å². The number of carbonyl (C=O) groups is 1. The van der Waals surface area contributed by atoms with E-state index in [0.29, 0.717) is 30.0 Å². The Morgan fingerprint density at radius 1 is 1.22 bits per heavy atom. The first-order valence-corrected chi connectivity index (χ1v) is 13.3. The largest absolute Gasteiger partial charge is 0.481 e. The minimum atomic E-state index is -0.500. The first-order chi connectivity index (χ1) is 17.1. The molecule has 0 amide bonds. The monoisotopic (exact) mass is 514 g/mol. The van der Waals surface area contributed by atoms with Crippen molar-refractivity contribution in [3.8, 4) is 5.88 Å². The molecule has 4 rings (SSSR count). The lowest BCUT2D eigenvalue weighted by atomic mass is 9.73. The Bertz CT molecular complexity index is 1080. The summed E-state index contributed by atoms with van der Waals surface area (Å²) in [6.45, 7) is 11.0. The van der Waals surface area contributed by atoms with Gasteiger partial charge in [-0.05, 0) is 72.9 Å². The fourth-order valence-corrected chi connectivity index (χ4v) is 5.78. The van der Waals surface area contributed by atoms with Gasteiger partial charge in [-0.1, -0.05) is 44.9 Å². The lowest BCUT2D eigenvalue weighted by molar-refractivity contribution is -0.148. The van der Waals surface area contributed by atoms with Gasteiger partial charge in [-0.2, -0.15) is 0 Å². The zero-order valence-corrected chi connectivity index (χ0v) is 23.0. The molecule has 7 heteroatoms.